The Morgan fingerprint density at radius 1 is 1.11 bits per heavy atom. The Balaban J connectivity index is 1.61. The highest BCUT2D eigenvalue weighted by molar-refractivity contribution is 5.87. The predicted octanol–water partition coefficient (Wildman–Crippen LogP) is 2.90. The molecule has 2 aliphatic heterocycles. The molecule has 2 bridgehead atoms. The van der Waals surface area contributed by atoms with Gasteiger partial charge in [-0.1, -0.05) is 12.1 Å². The Morgan fingerprint density at radius 3 is 2.79 bits per heavy atom. The van der Waals surface area contributed by atoms with E-state index in [2.05, 4.69) is 28.5 Å². The fourth-order valence-electron chi connectivity index (χ4n) is 3.48. The van der Waals surface area contributed by atoms with Crippen molar-refractivity contribution in [3.8, 4) is 5.75 Å². The van der Waals surface area contributed by atoms with Gasteiger partial charge in [-0.15, -0.1) is 0 Å². The third-order valence-electron chi connectivity index (χ3n) is 4.36. The van der Waals surface area contributed by atoms with Crippen molar-refractivity contribution in [2.45, 2.75) is 43.9 Å². The summed E-state index contributed by atoms with van der Waals surface area (Å²) in [5.74, 6) is 1.01. The molecular formula is C16H18N2O. The summed E-state index contributed by atoms with van der Waals surface area (Å²) in [4.78, 5) is 4.17. The Hall–Kier alpha value is -1.61. The average Bonchev–Trinajstić information content (AvgIpc) is 2.78. The van der Waals surface area contributed by atoms with Crippen LogP contribution in [0.15, 0.2) is 36.7 Å². The molecule has 2 atom stereocenters. The predicted molar refractivity (Wildman–Crippen MR) is 75.3 cm³/mol. The van der Waals surface area contributed by atoms with Gasteiger partial charge >= 0.3 is 0 Å². The van der Waals surface area contributed by atoms with Crippen LogP contribution in [0, 0.1) is 0 Å². The summed E-state index contributed by atoms with van der Waals surface area (Å²) in [5.41, 5.74) is 0. The summed E-state index contributed by atoms with van der Waals surface area (Å²) in [5, 5.41) is 5.97. The Bertz CT molecular complexity index is 581. The van der Waals surface area contributed by atoms with Crippen LogP contribution < -0.4 is 10.1 Å². The van der Waals surface area contributed by atoms with Crippen LogP contribution in [0.5, 0.6) is 5.75 Å². The van der Waals surface area contributed by atoms with Crippen LogP contribution in [0.1, 0.15) is 25.7 Å². The van der Waals surface area contributed by atoms with Gasteiger partial charge in [0, 0.05) is 35.2 Å². The number of fused-ring (bicyclic) bond motifs is 3. The summed E-state index contributed by atoms with van der Waals surface area (Å²) < 4.78 is 6.28. The monoisotopic (exact) mass is 254 g/mol. The minimum atomic E-state index is 0.359. The fraction of sp³-hybridized carbons (Fsp3) is 0.438. The molecule has 2 aliphatic rings. The van der Waals surface area contributed by atoms with E-state index in [4.69, 9.17) is 4.74 Å². The summed E-state index contributed by atoms with van der Waals surface area (Å²) in [6, 6.07) is 9.59. The van der Waals surface area contributed by atoms with Crippen LogP contribution in [0.4, 0.5) is 0 Å². The highest BCUT2D eigenvalue weighted by atomic mass is 16.5. The van der Waals surface area contributed by atoms with Gasteiger partial charge in [-0.3, -0.25) is 4.98 Å². The number of hydrogen-bond donors (Lipinski definition) is 1. The molecule has 4 rings (SSSR count). The molecule has 3 heteroatoms. The first kappa shape index (κ1) is 11.2. The minimum Gasteiger partial charge on any atom is -0.490 e. The summed E-state index contributed by atoms with van der Waals surface area (Å²) in [6.07, 6.45) is 8.98. The quantitative estimate of drug-likeness (QED) is 0.894. The number of hydrogen-bond acceptors (Lipinski definition) is 3. The van der Waals surface area contributed by atoms with E-state index >= 15 is 0 Å². The van der Waals surface area contributed by atoms with Crippen molar-refractivity contribution in [2.24, 2.45) is 0 Å². The minimum absolute atomic E-state index is 0.359. The number of nitrogens with one attached hydrogen (secondary N) is 1. The van der Waals surface area contributed by atoms with Crippen LogP contribution in [0.3, 0.4) is 0 Å². The number of piperidine rings is 1. The van der Waals surface area contributed by atoms with E-state index in [1.165, 1.54) is 18.2 Å². The molecule has 3 nitrogen and oxygen atoms in total. The van der Waals surface area contributed by atoms with Gasteiger partial charge in [0.25, 0.3) is 0 Å². The molecule has 1 N–H and O–H groups in total. The van der Waals surface area contributed by atoms with E-state index in [0.29, 0.717) is 18.2 Å². The maximum Gasteiger partial charge on any atom is 0.127 e. The topological polar surface area (TPSA) is 34.1 Å². The largest absolute Gasteiger partial charge is 0.490 e. The van der Waals surface area contributed by atoms with E-state index in [9.17, 15) is 0 Å². The van der Waals surface area contributed by atoms with E-state index in [-0.39, 0.29) is 0 Å². The van der Waals surface area contributed by atoms with E-state index in [1.54, 1.807) is 0 Å². The van der Waals surface area contributed by atoms with E-state index in [1.807, 2.05) is 18.5 Å². The second kappa shape index (κ2) is 4.49. The van der Waals surface area contributed by atoms with Crippen LogP contribution in [0.2, 0.25) is 0 Å². The van der Waals surface area contributed by atoms with Crippen molar-refractivity contribution in [2.75, 3.05) is 0 Å². The molecule has 1 aromatic carbocycles. The molecular weight excluding hydrogens is 236 g/mol. The first-order valence-corrected chi connectivity index (χ1v) is 7.14. The number of ether oxygens (including phenoxy) is 1. The first-order valence-electron chi connectivity index (χ1n) is 7.14. The van der Waals surface area contributed by atoms with Crippen LogP contribution in [-0.4, -0.2) is 23.2 Å². The normalized spacial score (nSPS) is 29.6. The lowest BCUT2D eigenvalue weighted by molar-refractivity contribution is 0.139. The summed E-state index contributed by atoms with van der Waals surface area (Å²) in [7, 11) is 0. The molecule has 1 aromatic heterocycles. The number of pyridine rings is 1. The fourth-order valence-corrected chi connectivity index (χ4v) is 3.48. The van der Waals surface area contributed by atoms with Gasteiger partial charge in [0.1, 0.15) is 11.9 Å². The summed E-state index contributed by atoms with van der Waals surface area (Å²) in [6.45, 7) is 0. The molecule has 3 heterocycles. The van der Waals surface area contributed by atoms with Gasteiger partial charge in [-0.05, 0) is 37.8 Å². The molecule has 2 fully saturated rings. The highest BCUT2D eigenvalue weighted by Gasteiger charge is 2.34. The molecule has 2 unspecified atom stereocenters. The van der Waals surface area contributed by atoms with E-state index in [0.717, 1.165) is 24.0 Å². The van der Waals surface area contributed by atoms with Crippen molar-refractivity contribution in [3.05, 3.63) is 36.7 Å². The van der Waals surface area contributed by atoms with Crippen molar-refractivity contribution in [3.63, 3.8) is 0 Å². The Morgan fingerprint density at radius 2 is 1.95 bits per heavy atom. The first-order chi connectivity index (χ1) is 9.38. The lowest BCUT2D eigenvalue weighted by Crippen LogP contribution is -2.42. The third-order valence-corrected chi connectivity index (χ3v) is 4.36. The maximum atomic E-state index is 6.28. The van der Waals surface area contributed by atoms with Crippen molar-refractivity contribution in [1.82, 2.24) is 10.3 Å². The van der Waals surface area contributed by atoms with Crippen LogP contribution in [0.25, 0.3) is 10.8 Å². The molecule has 0 amide bonds. The van der Waals surface area contributed by atoms with Gasteiger partial charge in [0.15, 0.2) is 0 Å². The Labute approximate surface area is 113 Å². The molecule has 2 aromatic rings. The molecule has 2 saturated heterocycles. The molecule has 0 aliphatic carbocycles. The van der Waals surface area contributed by atoms with Gasteiger partial charge in [-0.25, -0.2) is 0 Å². The highest BCUT2D eigenvalue weighted by Crippen LogP contribution is 2.32. The lowest BCUT2D eigenvalue weighted by atomic mass is 10.0. The zero-order valence-electron chi connectivity index (χ0n) is 10.9. The van der Waals surface area contributed by atoms with Gasteiger partial charge in [-0.2, -0.15) is 0 Å². The van der Waals surface area contributed by atoms with Crippen molar-refractivity contribution >= 4 is 10.8 Å². The molecule has 0 spiro atoms. The van der Waals surface area contributed by atoms with Crippen molar-refractivity contribution in [1.29, 1.82) is 0 Å². The third kappa shape index (κ3) is 2.08. The number of nitrogens with zero attached hydrogens (tertiary/aromatic N) is 1. The maximum absolute atomic E-state index is 6.28. The summed E-state index contributed by atoms with van der Waals surface area (Å²) >= 11 is 0. The second-order valence-corrected chi connectivity index (χ2v) is 5.70. The second-order valence-electron chi connectivity index (χ2n) is 5.70. The standard InChI is InChI=1S/C16H18N2O/c1-2-11-10-17-7-6-15(11)16(3-1)19-14-8-12-4-5-13(9-14)18-12/h1-3,6-7,10,12-14,18H,4-5,8-9H2. The zero-order chi connectivity index (χ0) is 12.7. The average molecular weight is 254 g/mol. The lowest BCUT2D eigenvalue weighted by Gasteiger charge is -2.29. The van der Waals surface area contributed by atoms with Gasteiger partial charge in [0.05, 0.1) is 0 Å². The molecule has 0 radical (unpaired) electrons. The SMILES string of the molecule is c1cc(OC2CC3CCC(C2)N3)c2ccncc2c1. The molecule has 19 heavy (non-hydrogen) atoms. The Kier molecular flexibility index (Phi) is 2.66. The van der Waals surface area contributed by atoms with Crippen molar-refractivity contribution < 1.29 is 4.74 Å². The van der Waals surface area contributed by atoms with Gasteiger partial charge in [0.2, 0.25) is 0 Å². The van der Waals surface area contributed by atoms with Gasteiger partial charge < -0.3 is 10.1 Å². The number of benzene rings is 1. The molecule has 98 valence electrons. The zero-order valence-corrected chi connectivity index (χ0v) is 10.9. The van der Waals surface area contributed by atoms with Crippen LogP contribution in [-0.2, 0) is 0 Å². The molecule has 0 saturated carbocycles. The van der Waals surface area contributed by atoms with E-state index < -0.39 is 0 Å². The number of aromatic nitrogens is 1. The number of rotatable bonds is 2. The smallest absolute Gasteiger partial charge is 0.127 e. The van der Waals surface area contributed by atoms with Crippen LogP contribution >= 0.6 is 0 Å².